The highest BCUT2D eigenvalue weighted by Crippen LogP contribution is 2.12. The van der Waals surface area contributed by atoms with Crippen molar-refractivity contribution in [1.29, 1.82) is 0 Å². The van der Waals surface area contributed by atoms with Crippen molar-refractivity contribution in [2.75, 3.05) is 0 Å². The fraction of sp³-hybridized carbons (Fsp3) is 0.812. The van der Waals surface area contributed by atoms with E-state index in [1.807, 2.05) is 6.20 Å². The van der Waals surface area contributed by atoms with Gasteiger partial charge in [-0.1, -0.05) is 58.3 Å². The summed E-state index contributed by atoms with van der Waals surface area (Å²) in [7, 11) is 0. The summed E-state index contributed by atoms with van der Waals surface area (Å²) in [6.45, 7) is 4.00. The quantitative estimate of drug-likeness (QED) is 0.578. The zero-order chi connectivity index (χ0) is 13.9. The van der Waals surface area contributed by atoms with E-state index in [0.717, 1.165) is 12.1 Å². The van der Waals surface area contributed by atoms with Crippen molar-refractivity contribution in [3.05, 3.63) is 17.7 Å². The summed E-state index contributed by atoms with van der Waals surface area (Å²) in [6.07, 6.45) is 14.6. The van der Waals surface area contributed by atoms with Crippen LogP contribution in [0.4, 0.5) is 0 Å². The third kappa shape index (κ3) is 7.36. The lowest BCUT2D eigenvalue weighted by Crippen LogP contribution is -1.94. The van der Waals surface area contributed by atoms with Gasteiger partial charge in [0.2, 0.25) is 0 Å². The van der Waals surface area contributed by atoms with Gasteiger partial charge in [0.25, 0.3) is 0 Å². The number of aromatic amines is 1. The molecule has 0 bridgehead atoms. The molecule has 110 valence electrons. The summed E-state index contributed by atoms with van der Waals surface area (Å²) in [5.41, 5.74) is 1.15. The number of aromatic nitrogens is 2. The van der Waals surface area contributed by atoms with Gasteiger partial charge in [0.1, 0.15) is 11.9 Å². The normalized spacial score (nSPS) is 12.8. The maximum Gasteiger partial charge on any atom is 0.134 e. The molecule has 3 heteroatoms. The lowest BCUT2D eigenvalue weighted by molar-refractivity contribution is 0.190. The highest BCUT2D eigenvalue weighted by Gasteiger charge is 2.05. The number of aryl methyl sites for hydroxylation is 1. The monoisotopic (exact) mass is 266 g/mol. The van der Waals surface area contributed by atoms with Crippen molar-refractivity contribution in [3.63, 3.8) is 0 Å². The first kappa shape index (κ1) is 16.2. The molecule has 3 nitrogen and oxygen atoms in total. The second-order valence-corrected chi connectivity index (χ2v) is 5.55. The maximum atomic E-state index is 9.37. The molecule has 0 radical (unpaired) electrons. The number of nitrogens with one attached hydrogen (secondary N) is 1. The molecule has 0 amide bonds. The molecule has 0 aliphatic carbocycles. The van der Waals surface area contributed by atoms with Gasteiger partial charge in [-0.2, -0.15) is 0 Å². The maximum absolute atomic E-state index is 9.37. The van der Waals surface area contributed by atoms with Crippen LogP contribution < -0.4 is 0 Å². The summed E-state index contributed by atoms with van der Waals surface area (Å²) in [5.74, 6) is 0.686. The topological polar surface area (TPSA) is 48.9 Å². The number of aliphatic hydroxyl groups is 1. The number of imidazole rings is 1. The number of aliphatic hydroxyl groups excluding tert-OH is 1. The van der Waals surface area contributed by atoms with Crippen LogP contribution in [0.3, 0.4) is 0 Å². The van der Waals surface area contributed by atoms with Crippen LogP contribution in [0.25, 0.3) is 0 Å². The second-order valence-electron chi connectivity index (χ2n) is 5.55. The average molecular weight is 266 g/mol. The molecule has 2 N–H and O–H groups in total. The Morgan fingerprint density at radius 1 is 1.05 bits per heavy atom. The molecule has 0 spiro atoms. The highest BCUT2D eigenvalue weighted by molar-refractivity contribution is 5.02. The Hall–Kier alpha value is -0.830. The summed E-state index contributed by atoms with van der Waals surface area (Å²) in [5, 5.41) is 9.37. The van der Waals surface area contributed by atoms with E-state index in [0.29, 0.717) is 5.82 Å². The Labute approximate surface area is 117 Å². The lowest BCUT2D eigenvalue weighted by atomic mass is 10.1. The number of rotatable bonds is 11. The Morgan fingerprint density at radius 2 is 1.63 bits per heavy atom. The lowest BCUT2D eigenvalue weighted by Gasteiger charge is -2.01. The molecule has 0 aliphatic rings. The van der Waals surface area contributed by atoms with Crippen LogP contribution in [0.15, 0.2) is 6.20 Å². The van der Waals surface area contributed by atoms with E-state index in [1.54, 1.807) is 6.92 Å². The van der Waals surface area contributed by atoms with Crippen molar-refractivity contribution in [1.82, 2.24) is 9.97 Å². The molecule has 1 aromatic rings. The first-order chi connectivity index (χ1) is 9.24. The molecule has 0 saturated heterocycles. The molecular weight excluding hydrogens is 236 g/mol. The first-order valence-electron chi connectivity index (χ1n) is 7.96. The van der Waals surface area contributed by atoms with Crippen molar-refractivity contribution in [2.45, 2.75) is 84.2 Å². The van der Waals surface area contributed by atoms with Crippen LogP contribution in [-0.2, 0) is 6.42 Å². The van der Waals surface area contributed by atoms with Gasteiger partial charge in [0.15, 0.2) is 0 Å². The number of unbranched alkanes of at least 4 members (excludes halogenated alkanes) is 8. The molecule has 0 aliphatic heterocycles. The smallest absolute Gasteiger partial charge is 0.134 e. The summed E-state index contributed by atoms with van der Waals surface area (Å²) < 4.78 is 0. The highest BCUT2D eigenvalue weighted by atomic mass is 16.3. The summed E-state index contributed by atoms with van der Waals surface area (Å²) in [4.78, 5) is 7.34. The fourth-order valence-electron chi connectivity index (χ4n) is 2.34. The van der Waals surface area contributed by atoms with Gasteiger partial charge in [-0.15, -0.1) is 0 Å². The zero-order valence-corrected chi connectivity index (χ0v) is 12.6. The van der Waals surface area contributed by atoms with E-state index in [-0.39, 0.29) is 0 Å². The van der Waals surface area contributed by atoms with Crippen LogP contribution in [-0.4, -0.2) is 15.1 Å². The second kappa shape index (κ2) is 10.0. The molecule has 0 saturated carbocycles. The SMILES string of the molecule is CCCCCCCCCCCc1cnc(C(C)O)[nH]1. The number of H-pyrrole nitrogens is 1. The number of nitrogens with zero attached hydrogens (tertiary/aromatic N) is 1. The minimum absolute atomic E-state index is 0.489. The predicted molar refractivity (Wildman–Crippen MR) is 80.2 cm³/mol. The van der Waals surface area contributed by atoms with Crippen molar-refractivity contribution < 1.29 is 5.11 Å². The van der Waals surface area contributed by atoms with Crippen molar-refractivity contribution >= 4 is 0 Å². The molecule has 0 aromatic carbocycles. The fourth-order valence-corrected chi connectivity index (χ4v) is 2.34. The number of hydrogen-bond donors (Lipinski definition) is 2. The van der Waals surface area contributed by atoms with E-state index < -0.39 is 6.10 Å². The third-order valence-electron chi connectivity index (χ3n) is 3.59. The van der Waals surface area contributed by atoms with Gasteiger partial charge >= 0.3 is 0 Å². The predicted octanol–water partition coefficient (Wildman–Crippen LogP) is 4.54. The van der Waals surface area contributed by atoms with Crippen molar-refractivity contribution in [2.24, 2.45) is 0 Å². The van der Waals surface area contributed by atoms with Crippen LogP contribution in [0.1, 0.15) is 89.3 Å². The van der Waals surface area contributed by atoms with Crippen molar-refractivity contribution in [3.8, 4) is 0 Å². The van der Waals surface area contributed by atoms with Gasteiger partial charge in [0, 0.05) is 11.9 Å². The summed E-state index contributed by atoms with van der Waals surface area (Å²) in [6, 6.07) is 0. The van der Waals surface area contributed by atoms with Gasteiger partial charge in [-0.3, -0.25) is 0 Å². The Balaban J connectivity index is 1.95. The van der Waals surface area contributed by atoms with Gasteiger partial charge in [-0.25, -0.2) is 4.98 Å². The summed E-state index contributed by atoms with van der Waals surface area (Å²) >= 11 is 0. The van der Waals surface area contributed by atoms with Gasteiger partial charge < -0.3 is 10.1 Å². The molecule has 19 heavy (non-hydrogen) atoms. The van der Waals surface area contributed by atoms with E-state index >= 15 is 0 Å². The average Bonchev–Trinajstić information content (AvgIpc) is 2.86. The van der Waals surface area contributed by atoms with Crippen LogP contribution in [0.5, 0.6) is 0 Å². The molecule has 1 unspecified atom stereocenters. The van der Waals surface area contributed by atoms with E-state index in [1.165, 1.54) is 57.8 Å². The zero-order valence-electron chi connectivity index (χ0n) is 12.6. The Bertz CT molecular complexity index is 320. The molecule has 1 heterocycles. The van der Waals surface area contributed by atoms with E-state index in [2.05, 4.69) is 16.9 Å². The third-order valence-corrected chi connectivity index (χ3v) is 3.59. The molecule has 1 aromatic heterocycles. The van der Waals surface area contributed by atoms with E-state index in [4.69, 9.17) is 0 Å². The standard InChI is InChI=1S/C16H30N2O/c1-3-4-5-6-7-8-9-10-11-12-15-13-17-16(18-15)14(2)19/h13-14,19H,3-12H2,1-2H3,(H,17,18). The van der Waals surface area contributed by atoms with E-state index in [9.17, 15) is 5.11 Å². The molecular formula is C16H30N2O. The van der Waals surface area contributed by atoms with Crippen LogP contribution in [0, 0.1) is 0 Å². The van der Waals surface area contributed by atoms with Crippen LogP contribution in [0.2, 0.25) is 0 Å². The van der Waals surface area contributed by atoms with Crippen LogP contribution >= 0.6 is 0 Å². The van der Waals surface area contributed by atoms with Gasteiger partial charge in [-0.05, 0) is 19.8 Å². The largest absolute Gasteiger partial charge is 0.385 e. The molecule has 1 rings (SSSR count). The first-order valence-corrected chi connectivity index (χ1v) is 7.96. The Kier molecular flexibility index (Phi) is 8.55. The molecule has 0 fully saturated rings. The Morgan fingerprint density at radius 3 is 2.16 bits per heavy atom. The molecule has 1 atom stereocenters. The number of hydrogen-bond acceptors (Lipinski definition) is 2. The minimum Gasteiger partial charge on any atom is -0.385 e. The van der Waals surface area contributed by atoms with Gasteiger partial charge in [0.05, 0.1) is 0 Å². The minimum atomic E-state index is -0.489.